The lowest BCUT2D eigenvalue weighted by molar-refractivity contribution is -0.117. The summed E-state index contributed by atoms with van der Waals surface area (Å²) < 4.78 is 29.5. The number of amides is 1. The Hall–Kier alpha value is -3.04. The van der Waals surface area contributed by atoms with Crippen LogP contribution in [0.15, 0.2) is 35.3 Å². The van der Waals surface area contributed by atoms with Crippen LogP contribution in [0.3, 0.4) is 0 Å². The summed E-state index contributed by atoms with van der Waals surface area (Å²) in [5.74, 6) is 2.16. The monoisotopic (exact) mass is 446 g/mol. The molecule has 8 nitrogen and oxygen atoms in total. The van der Waals surface area contributed by atoms with Gasteiger partial charge in [-0.05, 0) is 17.7 Å². The molecule has 3 aromatic rings. The van der Waals surface area contributed by atoms with Crippen molar-refractivity contribution in [2.24, 2.45) is 4.99 Å². The number of benzene rings is 2. The fraction of sp³-hybridized carbons (Fsp3) is 0.364. The van der Waals surface area contributed by atoms with E-state index in [4.69, 9.17) is 23.7 Å². The number of carbonyl (C=O) groups is 1. The molecule has 0 radical (unpaired) electrons. The number of methoxy groups -OCH3 is 5. The lowest BCUT2D eigenvalue weighted by atomic mass is 10.1. The molecule has 0 atom stereocenters. The van der Waals surface area contributed by atoms with Gasteiger partial charge in [-0.1, -0.05) is 17.4 Å². The molecule has 0 unspecified atom stereocenters. The van der Waals surface area contributed by atoms with Crippen molar-refractivity contribution in [1.82, 2.24) is 4.57 Å². The minimum atomic E-state index is -0.260. The van der Waals surface area contributed by atoms with Crippen LogP contribution in [0, 0.1) is 0 Å². The molecule has 0 fully saturated rings. The second-order valence-electron chi connectivity index (χ2n) is 6.58. The Morgan fingerprint density at radius 2 is 1.55 bits per heavy atom. The third-order valence-electron chi connectivity index (χ3n) is 4.73. The summed E-state index contributed by atoms with van der Waals surface area (Å²) in [6.07, 6.45) is 0.144. The molecule has 0 aliphatic heterocycles. The third-order valence-corrected chi connectivity index (χ3v) is 5.77. The van der Waals surface area contributed by atoms with Crippen molar-refractivity contribution in [2.75, 3.05) is 42.2 Å². The fourth-order valence-electron chi connectivity index (χ4n) is 3.19. The molecule has 9 heteroatoms. The number of nitrogens with zero attached hydrogens (tertiary/aromatic N) is 2. The van der Waals surface area contributed by atoms with E-state index in [9.17, 15) is 4.79 Å². The van der Waals surface area contributed by atoms with Gasteiger partial charge in [0.1, 0.15) is 0 Å². The molecular weight excluding hydrogens is 420 g/mol. The highest BCUT2D eigenvalue weighted by Gasteiger charge is 2.14. The van der Waals surface area contributed by atoms with E-state index in [0.29, 0.717) is 41.0 Å². The Bertz CT molecular complexity index is 1130. The molecule has 1 aromatic heterocycles. The molecule has 166 valence electrons. The lowest BCUT2D eigenvalue weighted by Gasteiger charge is -2.09. The number of fused-ring (bicyclic) bond motifs is 1. The van der Waals surface area contributed by atoms with Gasteiger partial charge in [0.25, 0.3) is 5.91 Å². The summed E-state index contributed by atoms with van der Waals surface area (Å²) in [7, 11) is 7.95. The standard InChI is InChI=1S/C22H26N2O6S/c1-26-9-8-24-15-12-18(29-4)19(30-5)13-20(15)31-22(24)23-21(25)11-14-6-7-16(27-2)17(10-14)28-3/h6-7,10,12-13H,8-9,11H2,1-5H3. The van der Waals surface area contributed by atoms with Gasteiger partial charge in [-0.3, -0.25) is 4.79 Å². The maximum atomic E-state index is 12.8. The highest BCUT2D eigenvalue weighted by Crippen LogP contribution is 2.33. The Morgan fingerprint density at radius 1 is 0.903 bits per heavy atom. The van der Waals surface area contributed by atoms with Gasteiger partial charge in [0, 0.05) is 25.8 Å². The van der Waals surface area contributed by atoms with Gasteiger partial charge in [-0.2, -0.15) is 4.99 Å². The zero-order valence-corrected chi connectivity index (χ0v) is 19.1. The molecule has 1 amide bonds. The maximum absolute atomic E-state index is 12.8. The summed E-state index contributed by atoms with van der Waals surface area (Å²) in [4.78, 5) is 17.7. The van der Waals surface area contributed by atoms with Crippen LogP contribution in [-0.4, -0.2) is 52.6 Å². The fourth-order valence-corrected chi connectivity index (χ4v) is 4.28. The van der Waals surface area contributed by atoms with E-state index in [1.165, 1.54) is 11.3 Å². The van der Waals surface area contributed by atoms with Gasteiger partial charge in [0.05, 0.1) is 51.7 Å². The minimum Gasteiger partial charge on any atom is -0.493 e. The summed E-state index contributed by atoms with van der Waals surface area (Å²) >= 11 is 1.42. The van der Waals surface area contributed by atoms with Crippen LogP contribution in [0.2, 0.25) is 0 Å². The average Bonchev–Trinajstić information content (AvgIpc) is 3.11. The summed E-state index contributed by atoms with van der Waals surface area (Å²) in [6, 6.07) is 9.16. The van der Waals surface area contributed by atoms with Crippen molar-refractivity contribution in [3.8, 4) is 23.0 Å². The summed E-state index contributed by atoms with van der Waals surface area (Å²) in [6.45, 7) is 1.03. The van der Waals surface area contributed by atoms with Crippen molar-refractivity contribution in [3.63, 3.8) is 0 Å². The molecule has 1 heterocycles. The van der Waals surface area contributed by atoms with Crippen LogP contribution in [0.4, 0.5) is 0 Å². The zero-order valence-electron chi connectivity index (χ0n) is 18.3. The van der Waals surface area contributed by atoms with Crippen molar-refractivity contribution in [1.29, 1.82) is 0 Å². The number of ether oxygens (including phenoxy) is 5. The summed E-state index contributed by atoms with van der Waals surface area (Å²) in [5, 5.41) is 0. The molecule has 0 aliphatic rings. The minimum absolute atomic E-state index is 0.144. The number of thiazole rings is 1. The molecule has 0 aliphatic carbocycles. The first kappa shape index (κ1) is 22.6. The molecule has 0 bridgehead atoms. The first-order chi connectivity index (χ1) is 15.0. The number of aromatic nitrogens is 1. The smallest absolute Gasteiger partial charge is 0.252 e. The average molecular weight is 447 g/mol. The maximum Gasteiger partial charge on any atom is 0.252 e. The van der Waals surface area contributed by atoms with E-state index in [-0.39, 0.29) is 12.3 Å². The van der Waals surface area contributed by atoms with E-state index in [1.807, 2.05) is 22.8 Å². The first-order valence-corrected chi connectivity index (χ1v) is 10.4. The Labute approximate surface area is 184 Å². The molecule has 2 aromatic carbocycles. The molecular formula is C22H26N2O6S. The van der Waals surface area contributed by atoms with Crippen molar-refractivity contribution in [3.05, 3.63) is 40.7 Å². The van der Waals surface area contributed by atoms with Crippen molar-refractivity contribution >= 4 is 27.5 Å². The van der Waals surface area contributed by atoms with Gasteiger partial charge < -0.3 is 28.3 Å². The van der Waals surface area contributed by atoms with Gasteiger partial charge in [0.15, 0.2) is 27.8 Å². The van der Waals surface area contributed by atoms with Crippen LogP contribution in [0.1, 0.15) is 5.56 Å². The number of hydrogen-bond acceptors (Lipinski definition) is 7. The van der Waals surface area contributed by atoms with Crippen LogP contribution in [0.5, 0.6) is 23.0 Å². The molecule has 0 spiro atoms. The van der Waals surface area contributed by atoms with E-state index in [1.54, 1.807) is 47.7 Å². The van der Waals surface area contributed by atoms with Crippen LogP contribution in [0.25, 0.3) is 10.2 Å². The van der Waals surface area contributed by atoms with Crippen LogP contribution < -0.4 is 23.7 Å². The number of carbonyl (C=O) groups excluding carboxylic acids is 1. The second-order valence-corrected chi connectivity index (χ2v) is 7.58. The Balaban J connectivity index is 2.00. The third kappa shape index (κ3) is 5.00. The van der Waals surface area contributed by atoms with E-state index in [0.717, 1.165) is 15.8 Å². The molecule has 0 saturated heterocycles. The summed E-state index contributed by atoms with van der Waals surface area (Å²) in [5.41, 5.74) is 1.69. The van der Waals surface area contributed by atoms with Gasteiger partial charge in [-0.25, -0.2) is 0 Å². The highest BCUT2D eigenvalue weighted by molar-refractivity contribution is 7.16. The normalized spacial score (nSPS) is 11.6. The number of rotatable bonds is 9. The largest absolute Gasteiger partial charge is 0.493 e. The molecule has 0 N–H and O–H groups in total. The SMILES string of the molecule is COCCn1c(=NC(=O)Cc2ccc(OC)c(OC)c2)sc2cc(OC)c(OC)cc21. The first-order valence-electron chi connectivity index (χ1n) is 9.57. The second kappa shape index (κ2) is 10.3. The quantitative estimate of drug-likeness (QED) is 0.503. The molecule has 31 heavy (non-hydrogen) atoms. The Morgan fingerprint density at radius 3 is 2.19 bits per heavy atom. The van der Waals surface area contributed by atoms with E-state index >= 15 is 0 Å². The predicted octanol–water partition coefficient (Wildman–Crippen LogP) is 3.05. The van der Waals surface area contributed by atoms with E-state index in [2.05, 4.69) is 4.99 Å². The van der Waals surface area contributed by atoms with Gasteiger partial charge in [-0.15, -0.1) is 0 Å². The topological polar surface area (TPSA) is 80.5 Å². The number of hydrogen-bond donors (Lipinski definition) is 0. The zero-order chi connectivity index (χ0) is 22.4. The van der Waals surface area contributed by atoms with Gasteiger partial charge >= 0.3 is 0 Å². The predicted molar refractivity (Wildman–Crippen MR) is 119 cm³/mol. The van der Waals surface area contributed by atoms with Crippen molar-refractivity contribution < 1.29 is 28.5 Å². The van der Waals surface area contributed by atoms with Crippen LogP contribution in [-0.2, 0) is 22.5 Å². The molecule has 3 rings (SSSR count). The highest BCUT2D eigenvalue weighted by atomic mass is 32.1. The molecule has 0 saturated carbocycles. The Kier molecular flexibility index (Phi) is 7.54. The lowest BCUT2D eigenvalue weighted by Crippen LogP contribution is -2.19. The van der Waals surface area contributed by atoms with Crippen LogP contribution >= 0.6 is 11.3 Å². The van der Waals surface area contributed by atoms with Gasteiger partial charge in [0.2, 0.25) is 0 Å². The van der Waals surface area contributed by atoms with Crippen molar-refractivity contribution in [2.45, 2.75) is 13.0 Å². The van der Waals surface area contributed by atoms with E-state index < -0.39 is 0 Å².